The van der Waals surface area contributed by atoms with Crippen LogP contribution in [0.25, 0.3) is 22.3 Å². The molecule has 5 rings (SSSR count). The van der Waals surface area contributed by atoms with Gasteiger partial charge in [0.15, 0.2) is 12.4 Å². The number of carbonyl (C=O) groups excluding carboxylic acids is 1. The normalized spacial score (nSPS) is 11.3. The fraction of sp³-hybridized carbons (Fsp3) is 0.176. The summed E-state index contributed by atoms with van der Waals surface area (Å²) in [5.41, 5.74) is 3.71. The predicted octanol–water partition coefficient (Wildman–Crippen LogP) is 6.54. The van der Waals surface area contributed by atoms with Gasteiger partial charge in [0.05, 0.1) is 24.2 Å². The first-order valence-electron chi connectivity index (χ1n) is 13.8. The number of halogens is 1. The number of aryl methyl sites for hydroxylation is 1. The van der Waals surface area contributed by atoms with Crippen LogP contribution in [-0.4, -0.2) is 35.5 Å². The minimum atomic E-state index is -0.455. The molecule has 9 heteroatoms. The van der Waals surface area contributed by atoms with E-state index in [4.69, 9.17) is 14.5 Å². The fourth-order valence-corrected chi connectivity index (χ4v) is 4.72. The van der Waals surface area contributed by atoms with Crippen LogP contribution in [0.5, 0.6) is 11.5 Å². The summed E-state index contributed by atoms with van der Waals surface area (Å²) in [5.74, 6) is 0.790. The summed E-state index contributed by atoms with van der Waals surface area (Å²) in [6.07, 6.45) is 1.50. The summed E-state index contributed by atoms with van der Waals surface area (Å²) in [6.45, 7) is 5.78. The highest BCUT2D eigenvalue weighted by atomic mass is 19.1. The predicted molar refractivity (Wildman–Crippen MR) is 167 cm³/mol. The van der Waals surface area contributed by atoms with Gasteiger partial charge in [0, 0.05) is 16.8 Å². The van der Waals surface area contributed by atoms with Gasteiger partial charge in [-0.05, 0) is 78.6 Å². The van der Waals surface area contributed by atoms with Crippen molar-refractivity contribution in [2.24, 2.45) is 5.10 Å². The Morgan fingerprint density at radius 1 is 1.02 bits per heavy atom. The van der Waals surface area contributed by atoms with E-state index in [0.29, 0.717) is 33.7 Å². The number of hydrogen-bond donors (Lipinski definition) is 1. The second-order valence-electron chi connectivity index (χ2n) is 10.3. The zero-order valence-corrected chi connectivity index (χ0v) is 24.3. The molecular weight excluding hydrogens is 547 g/mol. The number of benzene rings is 4. The van der Waals surface area contributed by atoms with Crippen LogP contribution in [0.2, 0.25) is 0 Å². The van der Waals surface area contributed by atoms with Gasteiger partial charge in [-0.2, -0.15) is 9.78 Å². The van der Waals surface area contributed by atoms with Crippen molar-refractivity contribution in [3.63, 3.8) is 0 Å². The number of fused-ring (bicyclic) bond motifs is 1. The molecule has 0 atom stereocenters. The number of nitrogens with one attached hydrogen (secondary N) is 1. The number of aromatic nitrogens is 2. The smallest absolute Gasteiger partial charge is 0.282 e. The molecule has 0 saturated heterocycles. The van der Waals surface area contributed by atoms with Crippen molar-refractivity contribution in [3.8, 4) is 22.9 Å². The molecule has 0 aliphatic heterocycles. The summed E-state index contributed by atoms with van der Waals surface area (Å²) in [7, 11) is 1.64. The topological polar surface area (TPSA) is 94.8 Å². The van der Waals surface area contributed by atoms with Gasteiger partial charge in [-0.25, -0.2) is 9.37 Å². The molecule has 1 amide bonds. The van der Waals surface area contributed by atoms with Crippen LogP contribution in [0.1, 0.15) is 36.5 Å². The van der Waals surface area contributed by atoms with E-state index in [1.165, 1.54) is 29.1 Å². The SMILES string of the molecule is COc1cc(C)c(-c2nc3ccccc3c(=O)n2N=Cc2ccccc2OCC(=O)Nc2cccc(F)c2)cc1C(C)C. The summed E-state index contributed by atoms with van der Waals surface area (Å²) in [6, 6.07) is 23.7. The number of hydrogen-bond acceptors (Lipinski definition) is 6. The van der Waals surface area contributed by atoms with E-state index in [-0.39, 0.29) is 18.1 Å². The number of rotatable bonds is 9. The molecular formula is C34H31FN4O4. The lowest BCUT2D eigenvalue weighted by Crippen LogP contribution is -2.21. The average molecular weight is 579 g/mol. The van der Waals surface area contributed by atoms with Crippen molar-refractivity contribution in [1.29, 1.82) is 0 Å². The number of nitrogens with zero attached hydrogens (tertiary/aromatic N) is 3. The first-order chi connectivity index (χ1) is 20.7. The van der Waals surface area contributed by atoms with Crippen molar-refractivity contribution in [1.82, 2.24) is 9.66 Å². The van der Waals surface area contributed by atoms with E-state index in [2.05, 4.69) is 24.3 Å². The Morgan fingerprint density at radius 3 is 2.56 bits per heavy atom. The summed E-state index contributed by atoms with van der Waals surface area (Å²) < 4.78 is 26.2. The van der Waals surface area contributed by atoms with E-state index in [9.17, 15) is 14.0 Å². The molecule has 8 nitrogen and oxygen atoms in total. The number of methoxy groups -OCH3 is 1. The molecule has 43 heavy (non-hydrogen) atoms. The van der Waals surface area contributed by atoms with Gasteiger partial charge in [0.25, 0.3) is 11.5 Å². The Morgan fingerprint density at radius 2 is 1.79 bits per heavy atom. The molecule has 0 fully saturated rings. The van der Waals surface area contributed by atoms with Crippen molar-refractivity contribution >= 4 is 28.7 Å². The molecule has 0 bridgehead atoms. The molecule has 1 N–H and O–H groups in total. The van der Waals surface area contributed by atoms with Gasteiger partial charge in [-0.3, -0.25) is 9.59 Å². The van der Waals surface area contributed by atoms with Crippen molar-refractivity contribution in [2.75, 3.05) is 19.0 Å². The molecule has 0 saturated carbocycles. The molecule has 0 aliphatic rings. The van der Waals surface area contributed by atoms with Crippen molar-refractivity contribution in [3.05, 3.63) is 118 Å². The highest BCUT2D eigenvalue weighted by Crippen LogP contribution is 2.34. The van der Waals surface area contributed by atoms with Gasteiger partial charge in [-0.15, -0.1) is 0 Å². The van der Waals surface area contributed by atoms with Crippen LogP contribution in [0.3, 0.4) is 0 Å². The first-order valence-corrected chi connectivity index (χ1v) is 13.8. The van der Waals surface area contributed by atoms with Gasteiger partial charge < -0.3 is 14.8 Å². The molecule has 0 aliphatic carbocycles. The minimum absolute atomic E-state index is 0.167. The molecule has 0 unspecified atom stereocenters. The van der Waals surface area contributed by atoms with Gasteiger partial charge in [0.1, 0.15) is 17.3 Å². The van der Waals surface area contributed by atoms with E-state index >= 15 is 0 Å². The number of amides is 1. The molecule has 218 valence electrons. The zero-order chi connectivity index (χ0) is 30.5. The third-order valence-corrected chi connectivity index (χ3v) is 6.89. The average Bonchev–Trinajstić information content (AvgIpc) is 2.99. The second kappa shape index (κ2) is 12.7. The van der Waals surface area contributed by atoms with E-state index in [0.717, 1.165) is 22.4 Å². The number of para-hydroxylation sites is 2. The van der Waals surface area contributed by atoms with Crippen molar-refractivity contribution < 1.29 is 18.7 Å². The Labute approximate surface area is 248 Å². The fourth-order valence-electron chi connectivity index (χ4n) is 4.72. The Hall–Kier alpha value is -5.31. The first kappa shape index (κ1) is 29.2. The Balaban J connectivity index is 1.52. The molecule has 1 heterocycles. The maximum Gasteiger partial charge on any atom is 0.282 e. The van der Waals surface area contributed by atoms with E-state index < -0.39 is 11.7 Å². The molecule has 4 aromatic carbocycles. The summed E-state index contributed by atoms with van der Waals surface area (Å²) in [5, 5.41) is 7.62. The van der Waals surface area contributed by atoms with Crippen LogP contribution in [0.4, 0.5) is 10.1 Å². The summed E-state index contributed by atoms with van der Waals surface area (Å²) in [4.78, 5) is 31.1. The van der Waals surface area contributed by atoms with Crippen LogP contribution < -0.4 is 20.3 Å². The minimum Gasteiger partial charge on any atom is -0.496 e. The number of anilines is 1. The highest BCUT2D eigenvalue weighted by Gasteiger charge is 2.18. The van der Waals surface area contributed by atoms with E-state index in [1.54, 1.807) is 55.6 Å². The number of ether oxygens (including phenoxy) is 2. The van der Waals surface area contributed by atoms with Crippen LogP contribution in [0, 0.1) is 12.7 Å². The van der Waals surface area contributed by atoms with Gasteiger partial charge in [0.2, 0.25) is 0 Å². The maximum absolute atomic E-state index is 13.8. The second-order valence-corrected chi connectivity index (χ2v) is 10.3. The number of carbonyl (C=O) groups is 1. The lowest BCUT2D eigenvalue weighted by Gasteiger charge is -2.17. The lowest BCUT2D eigenvalue weighted by molar-refractivity contribution is -0.118. The largest absolute Gasteiger partial charge is 0.496 e. The lowest BCUT2D eigenvalue weighted by atomic mass is 9.96. The third-order valence-electron chi connectivity index (χ3n) is 6.89. The highest BCUT2D eigenvalue weighted by molar-refractivity contribution is 5.92. The Kier molecular flexibility index (Phi) is 8.61. The summed E-state index contributed by atoms with van der Waals surface area (Å²) >= 11 is 0. The molecule has 0 spiro atoms. The molecule has 1 aromatic heterocycles. The third kappa shape index (κ3) is 6.46. The van der Waals surface area contributed by atoms with Crippen LogP contribution in [-0.2, 0) is 4.79 Å². The maximum atomic E-state index is 13.8. The quantitative estimate of drug-likeness (QED) is 0.200. The van der Waals surface area contributed by atoms with Gasteiger partial charge in [-0.1, -0.05) is 44.2 Å². The van der Waals surface area contributed by atoms with Crippen LogP contribution in [0.15, 0.2) is 94.8 Å². The van der Waals surface area contributed by atoms with Gasteiger partial charge >= 0.3 is 0 Å². The molecule has 0 radical (unpaired) electrons. The standard InChI is InChI=1S/C34H31FN4O4/c1-21(2)27-18-28(22(3)16-31(27)42-4)33-38-29-14-7-6-13-26(29)34(41)39(33)36-19-23-10-5-8-15-30(23)43-20-32(40)37-25-12-9-11-24(35)17-25/h5-19,21H,20H2,1-4H3,(H,37,40). The monoisotopic (exact) mass is 578 g/mol. The zero-order valence-electron chi connectivity index (χ0n) is 24.3. The molecule has 5 aromatic rings. The Bertz CT molecular complexity index is 1900. The van der Waals surface area contributed by atoms with Crippen molar-refractivity contribution in [2.45, 2.75) is 26.7 Å². The van der Waals surface area contributed by atoms with E-state index in [1.807, 2.05) is 25.1 Å². The van der Waals surface area contributed by atoms with Crippen LogP contribution >= 0.6 is 0 Å².